The molecule has 5 aromatic heterocycles. The second-order valence-corrected chi connectivity index (χ2v) is 24.2. The molecule has 0 atom stereocenters. The van der Waals surface area contributed by atoms with Crippen molar-refractivity contribution in [2.45, 2.75) is 0 Å². The molecule has 0 saturated heterocycles. The number of hydrogen-bond donors (Lipinski definition) is 0. The maximum Gasteiger partial charge on any atom is 0.187 e. The fraction of sp³-hybridized carbons (Fsp3) is 0. The highest BCUT2D eigenvalue weighted by Crippen LogP contribution is 2.46. The normalized spacial score (nSPS) is 11.6. The summed E-state index contributed by atoms with van der Waals surface area (Å²) in [4.78, 5) is 20.5. The van der Waals surface area contributed by atoms with Crippen molar-refractivity contribution in [3.63, 3.8) is 0 Å². The van der Waals surface area contributed by atoms with Crippen LogP contribution < -0.4 is 0 Å². The summed E-state index contributed by atoms with van der Waals surface area (Å²) in [5.74, 6) is 1.43. The molecule has 0 bridgehead atoms. The molecule has 0 saturated carbocycles. The van der Waals surface area contributed by atoms with Crippen molar-refractivity contribution >= 4 is 112 Å². The standard InChI is InChI=1S/C78H42N8S2/c1-81-55-12-10-11-52(37-55)50-29-31-51(32-30-50)76-82-77(60-35-33-53(48-25-21-46(44-79)22-26-48)38-68(60)85-66-17-6-2-13-56(66)62-40-64-58-15-4-8-19-72(58)87-74(64)42-70(62)85)84-78(83-76)61-36-34-54(49-27-23-47(45-80)24-28-49)39-69(61)86-67-18-7-3-14-57(67)63-41-65-59-16-5-9-20-73(59)88-75(65)43-71(63)86/h2-43H. The van der Waals surface area contributed by atoms with Crippen LogP contribution in [0, 0.1) is 29.2 Å². The van der Waals surface area contributed by atoms with Crippen molar-refractivity contribution in [3.05, 3.63) is 277 Å². The zero-order chi connectivity index (χ0) is 58.6. The number of para-hydroxylation sites is 2. The quantitative estimate of drug-likeness (QED) is 0.141. The van der Waals surface area contributed by atoms with Gasteiger partial charge < -0.3 is 9.13 Å². The zero-order valence-corrected chi connectivity index (χ0v) is 48.3. The Hall–Kier alpha value is -11.8. The minimum absolute atomic E-state index is 0.473. The first-order chi connectivity index (χ1) is 43.4. The molecule has 0 fully saturated rings. The van der Waals surface area contributed by atoms with Gasteiger partial charge in [0.05, 0.1) is 63.3 Å². The molecule has 0 aliphatic carbocycles. The zero-order valence-electron chi connectivity index (χ0n) is 46.6. The molecule has 0 aliphatic rings. The number of rotatable bonds is 8. The van der Waals surface area contributed by atoms with E-state index < -0.39 is 0 Å². The number of hydrogen-bond acceptors (Lipinski definition) is 7. The van der Waals surface area contributed by atoms with Gasteiger partial charge in [0, 0.05) is 78.6 Å². The molecular weight excluding hydrogens is 1110 g/mol. The molecular formula is C78H42N8S2. The van der Waals surface area contributed by atoms with Crippen molar-refractivity contribution in [2.24, 2.45) is 0 Å². The van der Waals surface area contributed by atoms with Gasteiger partial charge in [0.15, 0.2) is 23.2 Å². The van der Waals surface area contributed by atoms with E-state index in [1.807, 2.05) is 72.8 Å². The molecule has 12 aromatic carbocycles. The molecule has 0 radical (unpaired) electrons. The van der Waals surface area contributed by atoms with Crippen LogP contribution in [0.4, 0.5) is 5.69 Å². The number of fused-ring (bicyclic) bond motifs is 12. The van der Waals surface area contributed by atoms with Gasteiger partial charge in [-0.15, -0.1) is 22.7 Å². The van der Waals surface area contributed by atoms with Gasteiger partial charge >= 0.3 is 0 Å². The van der Waals surface area contributed by atoms with Crippen LogP contribution in [0.2, 0.25) is 0 Å². The lowest BCUT2D eigenvalue weighted by molar-refractivity contribution is 1.06. The van der Waals surface area contributed by atoms with E-state index in [1.165, 1.54) is 40.3 Å². The highest BCUT2D eigenvalue weighted by molar-refractivity contribution is 7.26. The number of nitriles is 2. The van der Waals surface area contributed by atoms with Crippen LogP contribution >= 0.6 is 22.7 Å². The monoisotopic (exact) mass is 1150 g/mol. The lowest BCUT2D eigenvalue weighted by atomic mass is 9.99. The van der Waals surface area contributed by atoms with Crippen LogP contribution in [-0.2, 0) is 0 Å². The van der Waals surface area contributed by atoms with Gasteiger partial charge in [-0.05, 0) is 137 Å². The van der Waals surface area contributed by atoms with Crippen molar-refractivity contribution in [2.75, 3.05) is 0 Å². The van der Waals surface area contributed by atoms with Crippen molar-refractivity contribution in [1.29, 1.82) is 10.5 Å². The van der Waals surface area contributed by atoms with Crippen LogP contribution in [0.25, 0.3) is 168 Å². The third kappa shape index (κ3) is 8.19. The molecule has 88 heavy (non-hydrogen) atoms. The third-order valence-corrected chi connectivity index (χ3v) is 19.4. The fourth-order valence-electron chi connectivity index (χ4n) is 12.9. The van der Waals surface area contributed by atoms with Gasteiger partial charge in [0.1, 0.15) is 0 Å². The molecule has 5 heterocycles. The van der Waals surface area contributed by atoms with E-state index in [9.17, 15) is 10.5 Å². The molecule has 0 unspecified atom stereocenters. The Morgan fingerprint density at radius 2 is 0.727 bits per heavy atom. The third-order valence-electron chi connectivity index (χ3n) is 17.1. The average molecular weight is 1160 g/mol. The summed E-state index contributed by atoms with van der Waals surface area (Å²) in [6.45, 7) is 7.74. The maximum atomic E-state index is 9.87. The number of nitrogens with zero attached hydrogens (tertiary/aromatic N) is 8. The molecule has 406 valence electrons. The Bertz CT molecular complexity index is 5590. The Morgan fingerprint density at radius 1 is 0.318 bits per heavy atom. The predicted molar refractivity (Wildman–Crippen MR) is 363 cm³/mol. The van der Waals surface area contributed by atoms with E-state index >= 15 is 0 Å². The first-order valence-corrected chi connectivity index (χ1v) is 30.4. The largest absolute Gasteiger partial charge is 0.308 e. The summed E-state index contributed by atoms with van der Waals surface area (Å²) < 4.78 is 9.59. The Morgan fingerprint density at radius 3 is 1.20 bits per heavy atom. The van der Waals surface area contributed by atoms with Gasteiger partial charge in [0.2, 0.25) is 0 Å². The summed E-state index contributed by atoms with van der Waals surface area (Å²) in [7, 11) is 0. The lowest BCUT2D eigenvalue weighted by Gasteiger charge is -2.18. The van der Waals surface area contributed by atoms with Crippen molar-refractivity contribution in [3.8, 4) is 91.1 Å². The molecule has 0 aliphatic heterocycles. The Balaban J connectivity index is 0.956. The summed E-state index contributed by atoms with van der Waals surface area (Å²) in [6, 6.07) is 92.9. The van der Waals surface area contributed by atoms with E-state index in [0.717, 1.165) is 105 Å². The number of benzene rings is 12. The summed E-state index contributed by atoms with van der Waals surface area (Å²) in [5.41, 5.74) is 15.8. The maximum absolute atomic E-state index is 9.87. The van der Waals surface area contributed by atoms with Gasteiger partial charge in [-0.2, -0.15) is 10.5 Å². The van der Waals surface area contributed by atoms with E-state index in [0.29, 0.717) is 34.3 Å². The summed E-state index contributed by atoms with van der Waals surface area (Å²) in [5, 5.41) is 29.1. The topological polar surface area (TPSA) is 100 Å². The predicted octanol–water partition coefficient (Wildman–Crippen LogP) is 21.1. The van der Waals surface area contributed by atoms with Gasteiger partial charge in [0.25, 0.3) is 0 Å². The first-order valence-electron chi connectivity index (χ1n) is 28.8. The first kappa shape index (κ1) is 50.7. The Labute approximate surface area is 512 Å². The molecule has 0 amide bonds. The van der Waals surface area contributed by atoms with Crippen LogP contribution in [0.5, 0.6) is 0 Å². The molecule has 8 nitrogen and oxygen atoms in total. The molecule has 17 rings (SSSR count). The second kappa shape index (κ2) is 20.2. The second-order valence-electron chi connectivity index (χ2n) is 22.0. The SMILES string of the molecule is [C-]#[N+]c1cccc(-c2ccc(-c3nc(-c4ccc(-c5ccc(C#N)cc5)cc4-n4c5ccccc5c5cc6c(cc54)sc4ccccc46)nc(-c4ccc(-c5ccc(C#N)cc5)cc4-n4c5ccccc5c5cc6c(cc54)sc4ccccc46)n3)cc2)c1. The molecule has 17 aromatic rings. The highest BCUT2D eigenvalue weighted by atomic mass is 32.1. The van der Waals surface area contributed by atoms with Gasteiger partial charge in [-0.3, -0.25) is 0 Å². The van der Waals surface area contributed by atoms with E-state index in [1.54, 1.807) is 22.7 Å². The summed E-state index contributed by atoms with van der Waals surface area (Å²) in [6.07, 6.45) is 0. The number of thiophene rings is 2. The van der Waals surface area contributed by atoms with Crippen LogP contribution in [-0.4, -0.2) is 24.1 Å². The minimum Gasteiger partial charge on any atom is -0.308 e. The molecule has 0 N–H and O–H groups in total. The van der Waals surface area contributed by atoms with Crippen LogP contribution in [0.15, 0.2) is 255 Å². The fourth-order valence-corrected chi connectivity index (χ4v) is 15.1. The van der Waals surface area contributed by atoms with Crippen LogP contribution in [0.3, 0.4) is 0 Å². The number of aromatic nitrogens is 5. The average Bonchev–Trinajstić information content (AvgIpc) is 1.64. The molecule has 10 heteroatoms. The smallest absolute Gasteiger partial charge is 0.187 e. The van der Waals surface area contributed by atoms with Gasteiger partial charge in [-0.1, -0.05) is 152 Å². The van der Waals surface area contributed by atoms with Crippen LogP contribution in [0.1, 0.15) is 11.1 Å². The minimum atomic E-state index is 0.473. The van der Waals surface area contributed by atoms with Gasteiger partial charge in [-0.25, -0.2) is 19.8 Å². The highest BCUT2D eigenvalue weighted by Gasteiger charge is 2.25. The van der Waals surface area contributed by atoms with E-state index in [-0.39, 0.29) is 0 Å². The molecule has 0 spiro atoms. The van der Waals surface area contributed by atoms with Crippen molar-refractivity contribution in [1.82, 2.24) is 24.1 Å². The Kier molecular flexibility index (Phi) is 11.6. The van der Waals surface area contributed by atoms with Crippen molar-refractivity contribution < 1.29 is 0 Å². The summed E-state index contributed by atoms with van der Waals surface area (Å²) >= 11 is 3.60. The van der Waals surface area contributed by atoms with E-state index in [2.05, 4.69) is 208 Å². The van der Waals surface area contributed by atoms with E-state index in [4.69, 9.17) is 21.5 Å². The lowest BCUT2D eigenvalue weighted by Crippen LogP contribution is -2.06.